The zero-order chi connectivity index (χ0) is 11.4. The molecule has 1 aromatic carbocycles. The first-order valence-corrected chi connectivity index (χ1v) is 6.02. The topological polar surface area (TPSA) is 29.1 Å². The first kappa shape index (κ1) is 11.2. The smallest absolute Gasteiger partial charge is 0.191 e. The van der Waals surface area contributed by atoms with Gasteiger partial charge in [-0.05, 0) is 24.3 Å². The molecule has 0 spiro atoms. The lowest BCUT2D eigenvalue weighted by Crippen LogP contribution is -2.12. The largest absolute Gasteiger partial charge is 0.378 e. The van der Waals surface area contributed by atoms with Crippen molar-refractivity contribution in [3.8, 4) is 0 Å². The second-order valence-electron chi connectivity index (χ2n) is 3.25. The van der Waals surface area contributed by atoms with Gasteiger partial charge in [0, 0.05) is 5.69 Å². The third-order valence-corrected chi connectivity index (χ3v) is 3.35. The van der Waals surface area contributed by atoms with E-state index in [9.17, 15) is 4.79 Å². The molecule has 0 bridgehead atoms. The molecule has 0 aliphatic rings. The van der Waals surface area contributed by atoms with Crippen molar-refractivity contribution in [2.45, 2.75) is 0 Å². The molecule has 2 rings (SSSR count). The number of anilines is 1. The Morgan fingerprint density at radius 2 is 1.94 bits per heavy atom. The predicted molar refractivity (Wildman–Crippen MR) is 68.6 cm³/mol. The standard InChI is InChI=1S/C12H10ClNOS/c13-12-7-6-11(16-12)10(15)8-14-9-4-2-1-3-5-9/h1-7,14H,8H2. The van der Waals surface area contributed by atoms with Gasteiger partial charge in [-0.1, -0.05) is 29.8 Å². The van der Waals surface area contributed by atoms with Crippen molar-refractivity contribution in [3.63, 3.8) is 0 Å². The Hall–Kier alpha value is -1.32. The van der Waals surface area contributed by atoms with Crippen LogP contribution in [0, 0.1) is 0 Å². The molecular formula is C12H10ClNOS. The lowest BCUT2D eigenvalue weighted by molar-refractivity contribution is 0.101. The highest BCUT2D eigenvalue weighted by Crippen LogP contribution is 2.21. The van der Waals surface area contributed by atoms with E-state index in [0.717, 1.165) is 5.69 Å². The molecule has 0 radical (unpaired) electrons. The van der Waals surface area contributed by atoms with Crippen LogP contribution in [0.15, 0.2) is 42.5 Å². The Bertz CT molecular complexity index is 481. The van der Waals surface area contributed by atoms with E-state index >= 15 is 0 Å². The molecule has 0 aliphatic carbocycles. The summed E-state index contributed by atoms with van der Waals surface area (Å²) in [6.07, 6.45) is 0. The van der Waals surface area contributed by atoms with Gasteiger partial charge in [-0.3, -0.25) is 4.79 Å². The number of para-hydroxylation sites is 1. The predicted octanol–water partition coefficient (Wildman–Crippen LogP) is 3.70. The van der Waals surface area contributed by atoms with Crippen LogP contribution in [0.4, 0.5) is 5.69 Å². The Kier molecular flexibility index (Phi) is 3.59. The fraction of sp³-hybridized carbons (Fsp3) is 0.0833. The zero-order valence-corrected chi connectivity index (χ0v) is 10.0. The number of Topliss-reactive ketones (excluding diaryl/α,β-unsaturated/α-hetero) is 1. The van der Waals surface area contributed by atoms with E-state index in [1.54, 1.807) is 12.1 Å². The number of hydrogen-bond acceptors (Lipinski definition) is 3. The van der Waals surface area contributed by atoms with Crippen LogP contribution in [-0.4, -0.2) is 12.3 Å². The van der Waals surface area contributed by atoms with Gasteiger partial charge in [-0.2, -0.15) is 0 Å². The SMILES string of the molecule is O=C(CNc1ccccc1)c1ccc(Cl)s1. The maximum absolute atomic E-state index is 11.7. The van der Waals surface area contributed by atoms with Crippen molar-refractivity contribution in [1.82, 2.24) is 0 Å². The van der Waals surface area contributed by atoms with E-state index in [0.29, 0.717) is 15.8 Å². The van der Waals surface area contributed by atoms with Crippen molar-refractivity contribution >= 4 is 34.4 Å². The fourth-order valence-corrected chi connectivity index (χ4v) is 2.27. The van der Waals surface area contributed by atoms with Crippen LogP contribution in [0.5, 0.6) is 0 Å². The highest BCUT2D eigenvalue weighted by atomic mass is 35.5. The number of rotatable bonds is 4. The number of thiophene rings is 1. The summed E-state index contributed by atoms with van der Waals surface area (Å²) in [5.74, 6) is 0.0563. The minimum absolute atomic E-state index is 0.0563. The fourth-order valence-electron chi connectivity index (χ4n) is 1.29. The summed E-state index contributed by atoms with van der Waals surface area (Å²) in [5.41, 5.74) is 0.943. The third-order valence-electron chi connectivity index (χ3n) is 2.07. The van der Waals surface area contributed by atoms with E-state index in [1.807, 2.05) is 30.3 Å². The molecule has 0 amide bonds. The van der Waals surface area contributed by atoms with Gasteiger partial charge in [-0.25, -0.2) is 0 Å². The molecule has 4 heteroatoms. The molecule has 0 atom stereocenters. The van der Waals surface area contributed by atoms with Crippen LogP contribution in [0.1, 0.15) is 9.67 Å². The Morgan fingerprint density at radius 3 is 2.56 bits per heavy atom. The van der Waals surface area contributed by atoms with Crippen molar-refractivity contribution in [3.05, 3.63) is 51.7 Å². The van der Waals surface area contributed by atoms with Crippen LogP contribution in [0.3, 0.4) is 0 Å². The second kappa shape index (κ2) is 5.14. The first-order chi connectivity index (χ1) is 7.75. The quantitative estimate of drug-likeness (QED) is 0.840. The summed E-state index contributed by atoms with van der Waals surface area (Å²) in [6.45, 7) is 0.293. The summed E-state index contributed by atoms with van der Waals surface area (Å²) in [5, 5.41) is 3.07. The number of nitrogens with one attached hydrogen (secondary N) is 1. The molecule has 0 saturated heterocycles. The summed E-state index contributed by atoms with van der Waals surface area (Å²) < 4.78 is 0.642. The molecular weight excluding hydrogens is 242 g/mol. The van der Waals surface area contributed by atoms with Gasteiger partial charge in [0.05, 0.1) is 15.8 Å². The highest BCUT2D eigenvalue weighted by Gasteiger charge is 2.07. The molecule has 2 nitrogen and oxygen atoms in total. The van der Waals surface area contributed by atoms with Crippen molar-refractivity contribution in [1.29, 1.82) is 0 Å². The van der Waals surface area contributed by atoms with E-state index in [2.05, 4.69) is 5.32 Å². The van der Waals surface area contributed by atoms with E-state index in [1.165, 1.54) is 11.3 Å². The summed E-state index contributed by atoms with van der Waals surface area (Å²) >= 11 is 7.07. The molecule has 1 N–H and O–H groups in total. The lowest BCUT2D eigenvalue weighted by atomic mass is 10.3. The Labute approximate surface area is 103 Å². The number of benzene rings is 1. The summed E-state index contributed by atoms with van der Waals surface area (Å²) in [6, 6.07) is 13.1. The van der Waals surface area contributed by atoms with Gasteiger partial charge in [0.15, 0.2) is 5.78 Å². The monoisotopic (exact) mass is 251 g/mol. The molecule has 82 valence electrons. The third kappa shape index (κ3) is 2.84. The molecule has 0 unspecified atom stereocenters. The van der Waals surface area contributed by atoms with Crippen LogP contribution in [0.2, 0.25) is 4.34 Å². The van der Waals surface area contributed by atoms with Crippen LogP contribution in [-0.2, 0) is 0 Å². The Morgan fingerprint density at radius 1 is 1.19 bits per heavy atom. The summed E-state index contributed by atoms with van der Waals surface area (Å²) in [7, 11) is 0. The maximum Gasteiger partial charge on any atom is 0.191 e. The molecule has 1 heterocycles. The van der Waals surface area contributed by atoms with Crippen LogP contribution < -0.4 is 5.32 Å². The molecule has 0 aliphatic heterocycles. The van der Waals surface area contributed by atoms with E-state index < -0.39 is 0 Å². The minimum Gasteiger partial charge on any atom is -0.378 e. The van der Waals surface area contributed by atoms with Crippen LogP contribution >= 0.6 is 22.9 Å². The van der Waals surface area contributed by atoms with Crippen molar-refractivity contribution < 1.29 is 4.79 Å². The van der Waals surface area contributed by atoms with E-state index in [-0.39, 0.29) is 5.78 Å². The van der Waals surface area contributed by atoms with Gasteiger partial charge in [0.2, 0.25) is 0 Å². The lowest BCUT2D eigenvalue weighted by Gasteiger charge is -2.03. The maximum atomic E-state index is 11.7. The van der Waals surface area contributed by atoms with Gasteiger partial charge >= 0.3 is 0 Å². The molecule has 2 aromatic rings. The summed E-state index contributed by atoms with van der Waals surface area (Å²) in [4.78, 5) is 12.4. The van der Waals surface area contributed by atoms with Gasteiger partial charge in [0.1, 0.15) is 0 Å². The number of halogens is 1. The number of carbonyl (C=O) groups excluding carboxylic acids is 1. The van der Waals surface area contributed by atoms with Crippen LogP contribution in [0.25, 0.3) is 0 Å². The second-order valence-corrected chi connectivity index (χ2v) is 4.96. The molecule has 0 saturated carbocycles. The zero-order valence-electron chi connectivity index (χ0n) is 8.44. The molecule has 0 fully saturated rings. The number of hydrogen-bond donors (Lipinski definition) is 1. The number of carbonyl (C=O) groups is 1. The number of ketones is 1. The van der Waals surface area contributed by atoms with Crippen molar-refractivity contribution in [2.75, 3.05) is 11.9 Å². The van der Waals surface area contributed by atoms with Crippen molar-refractivity contribution in [2.24, 2.45) is 0 Å². The van der Waals surface area contributed by atoms with Gasteiger partial charge < -0.3 is 5.32 Å². The average Bonchev–Trinajstić information content (AvgIpc) is 2.74. The molecule has 1 aromatic heterocycles. The van der Waals surface area contributed by atoms with Gasteiger partial charge in [0.25, 0.3) is 0 Å². The first-order valence-electron chi connectivity index (χ1n) is 4.83. The van der Waals surface area contributed by atoms with E-state index in [4.69, 9.17) is 11.6 Å². The highest BCUT2D eigenvalue weighted by molar-refractivity contribution is 7.18. The normalized spacial score (nSPS) is 10.1. The Balaban J connectivity index is 1.94. The molecule has 16 heavy (non-hydrogen) atoms. The minimum atomic E-state index is 0.0563. The average molecular weight is 252 g/mol. The van der Waals surface area contributed by atoms with Gasteiger partial charge in [-0.15, -0.1) is 11.3 Å².